The van der Waals surface area contributed by atoms with Crippen LogP contribution >= 0.6 is 0 Å². The van der Waals surface area contributed by atoms with Crippen molar-refractivity contribution in [3.8, 4) is 39.5 Å². The number of aromatic nitrogens is 3. The maximum Gasteiger partial charge on any atom is 0.161 e. The van der Waals surface area contributed by atoms with Crippen molar-refractivity contribution in [2.45, 2.75) is 0 Å². The van der Waals surface area contributed by atoms with Gasteiger partial charge in [0.05, 0.1) is 22.2 Å². The van der Waals surface area contributed by atoms with E-state index in [1.165, 1.54) is 21.8 Å². The van der Waals surface area contributed by atoms with Crippen LogP contribution in [0.3, 0.4) is 0 Å². The second-order valence-electron chi connectivity index (χ2n) is 14.1. The van der Waals surface area contributed by atoms with Crippen LogP contribution in [-0.2, 0) is 0 Å². The van der Waals surface area contributed by atoms with Gasteiger partial charge in [-0.05, 0) is 77.9 Å². The van der Waals surface area contributed by atoms with Crippen LogP contribution in [0.1, 0.15) is 0 Å². The molecule has 12 rings (SSSR count). The standard InChI is InChI=1S/C50H29N3O2/c1-2-12-32(13-3-1)53-42-21-8-5-14-33(42)39-28-30(24-26-43(39)53)31-25-27-45-40(29-31)47-37(18-11-23-46(47)54-45)50-51-41-20-7-4-16-36(41)48(52-50)38-19-10-17-35-34-15-6-9-22-44(34)55-49(35)38/h1-29H. The minimum absolute atomic E-state index is 0.635. The zero-order valence-electron chi connectivity index (χ0n) is 29.4. The van der Waals surface area contributed by atoms with Gasteiger partial charge in [0.25, 0.3) is 0 Å². The summed E-state index contributed by atoms with van der Waals surface area (Å²) < 4.78 is 15.4. The van der Waals surface area contributed by atoms with Crippen molar-refractivity contribution < 1.29 is 8.83 Å². The highest BCUT2D eigenvalue weighted by Gasteiger charge is 2.21. The van der Waals surface area contributed by atoms with Gasteiger partial charge in [-0.15, -0.1) is 0 Å². The Morgan fingerprint density at radius 2 is 1.05 bits per heavy atom. The van der Waals surface area contributed by atoms with E-state index in [-0.39, 0.29) is 0 Å². The topological polar surface area (TPSA) is 57.0 Å². The molecule has 5 heteroatoms. The van der Waals surface area contributed by atoms with E-state index in [9.17, 15) is 0 Å². The summed E-state index contributed by atoms with van der Waals surface area (Å²) in [6, 6.07) is 61.3. The van der Waals surface area contributed by atoms with Gasteiger partial charge < -0.3 is 13.4 Å². The van der Waals surface area contributed by atoms with Gasteiger partial charge in [-0.2, -0.15) is 0 Å². The predicted molar refractivity (Wildman–Crippen MR) is 225 cm³/mol. The molecule has 55 heavy (non-hydrogen) atoms. The summed E-state index contributed by atoms with van der Waals surface area (Å²) in [5.74, 6) is 0.635. The zero-order chi connectivity index (χ0) is 36.0. The SMILES string of the molecule is c1ccc(-n2c3ccccc3c3cc(-c4ccc5oc6cccc(-c7nc(-c8cccc9c8oc8ccccc89)c8ccccc8n7)c6c5c4)ccc32)cc1. The van der Waals surface area contributed by atoms with E-state index in [0.29, 0.717) is 5.82 Å². The minimum atomic E-state index is 0.635. The molecule has 0 aliphatic carbocycles. The van der Waals surface area contributed by atoms with Gasteiger partial charge in [-0.25, -0.2) is 9.97 Å². The summed E-state index contributed by atoms with van der Waals surface area (Å²) >= 11 is 0. The molecule has 0 atom stereocenters. The maximum absolute atomic E-state index is 6.51. The normalized spacial score (nSPS) is 12.0. The number of hydrogen-bond donors (Lipinski definition) is 0. The molecule has 0 fully saturated rings. The lowest BCUT2D eigenvalue weighted by Gasteiger charge is -2.11. The van der Waals surface area contributed by atoms with E-state index < -0.39 is 0 Å². The third-order valence-electron chi connectivity index (χ3n) is 11.0. The number of rotatable bonds is 4. The number of benzene rings is 8. The van der Waals surface area contributed by atoms with Crippen molar-refractivity contribution in [1.29, 1.82) is 0 Å². The van der Waals surface area contributed by atoms with E-state index in [4.69, 9.17) is 18.8 Å². The second kappa shape index (κ2) is 11.5. The highest BCUT2D eigenvalue weighted by atomic mass is 16.3. The van der Waals surface area contributed by atoms with Gasteiger partial charge in [-0.1, -0.05) is 109 Å². The lowest BCUT2D eigenvalue weighted by molar-refractivity contribution is 0.669. The molecule has 0 saturated heterocycles. The van der Waals surface area contributed by atoms with E-state index >= 15 is 0 Å². The summed E-state index contributed by atoms with van der Waals surface area (Å²) in [6.07, 6.45) is 0. The van der Waals surface area contributed by atoms with Crippen molar-refractivity contribution in [3.63, 3.8) is 0 Å². The van der Waals surface area contributed by atoms with Gasteiger partial charge >= 0.3 is 0 Å². The third kappa shape index (κ3) is 4.47. The molecule has 8 aromatic carbocycles. The first-order valence-corrected chi connectivity index (χ1v) is 18.5. The first kappa shape index (κ1) is 30.0. The summed E-state index contributed by atoms with van der Waals surface area (Å²) in [5, 5.41) is 7.57. The maximum atomic E-state index is 6.51. The molecule has 0 spiro atoms. The Morgan fingerprint density at radius 1 is 0.400 bits per heavy atom. The van der Waals surface area contributed by atoms with Crippen molar-refractivity contribution in [3.05, 3.63) is 176 Å². The molecule has 0 unspecified atom stereocenters. The van der Waals surface area contributed by atoms with Gasteiger partial charge in [0.2, 0.25) is 0 Å². The quantitative estimate of drug-likeness (QED) is 0.183. The van der Waals surface area contributed by atoms with Crippen LogP contribution in [-0.4, -0.2) is 14.5 Å². The first-order chi connectivity index (χ1) is 27.3. The Bertz CT molecular complexity index is 3500. The van der Waals surface area contributed by atoms with E-state index in [0.717, 1.165) is 88.4 Å². The van der Waals surface area contributed by atoms with Crippen LogP contribution in [0.25, 0.3) is 116 Å². The lowest BCUT2D eigenvalue weighted by atomic mass is 9.99. The molecule has 0 bridgehead atoms. The monoisotopic (exact) mass is 703 g/mol. The fourth-order valence-electron chi connectivity index (χ4n) is 8.54. The van der Waals surface area contributed by atoms with Gasteiger partial charge in [-0.3, -0.25) is 0 Å². The van der Waals surface area contributed by atoms with Crippen molar-refractivity contribution in [2.75, 3.05) is 0 Å². The van der Waals surface area contributed by atoms with Crippen LogP contribution in [0.5, 0.6) is 0 Å². The van der Waals surface area contributed by atoms with Crippen LogP contribution in [0.2, 0.25) is 0 Å². The average Bonchev–Trinajstić information content (AvgIpc) is 3.93. The zero-order valence-corrected chi connectivity index (χ0v) is 29.4. The number of para-hydroxylation sites is 5. The third-order valence-corrected chi connectivity index (χ3v) is 11.0. The van der Waals surface area contributed by atoms with Crippen LogP contribution < -0.4 is 0 Å². The Morgan fingerprint density at radius 3 is 1.96 bits per heavy atom. The van der Waals surface area contributed by atoms with E-state index in [1.54, 1.807) is 0 Å². The Kier molecular flexibility index (Phi) is 6.27. The van der Waals surface area contributed by atoms with Crippen molar-refractivity contribution in [1.82, 2.24) is 14.5 Å². The molecular formula is C50H29N3O2. The van der Waals surface area contributed by atoms with Gasteiger partial charge in [0, 0.05) is 54.5 Å². The number of hydrogen-bond acceptors (Lipinski definition) is 4. The molecule has 256 valence electrons. The average molecular weight is 704 g/mol. The first-order valence-electron chi connectivity index (χ1n) is 18.5. The summed E-state index contributed by atoms with van der Waals surface area (Å²) in [7, 11) is 0. The molecule has 0 radical (unpaired) electrons. The van der Waals surface area contributed by atoms with Crippen molar-refractivity contribution >= 4 is 76.6 Å². The molecule has 0 saturated carbocycles. The van der Waals surface area contributed by atoms with Gasteiger partial charge in [0.15, 0.2) is 5.82 Å². The molecule has 0 aliphatic rings. The number of furan rings is 2. The highest BCUT2D eigenvalue weighted by molar-refractivity contribution is 6.15. The Labute approximate surface area is 314 Å². The van der Waals surface area contributed by atoms with Crippen molar-refractivity contribution in [2.24, 2.45) is 0 Å². The largest absolute Gasteiger partial charge is 0.456 e. The second-order valence-corrected chi connectivity index (χ2v) is 14.1. The molecule has 5 nitrogen and oxygen atoms in total. The smallest absolute Gasteiger partial charge is 0.161 e. The molecule has 0 amide bonds. The van der Waals surface area contributed by atoms with Crippen LogP contribution in [0.15, 0.2) is 185 Å². The molecule has 0 N–H and O–H groups in total. The Balaban J connectivity index is 1.06. The molecule has 4 heterocycles. The Hall–Kier alpha value is -7.50. The fraction of sp³-hybridized carbons (Fsp3) is 0. The van der Waals surface area contributed by atoms with Gasteiger partial charge in [0.1, 0.15) is 22.3 Å². The lowest BCUT2D eigenvalue weighted by Crippen LogP contribution is -1.96. The molecule has 12 aromatic rings. The van der Waals surface area contributed by atoms with E-state index in [1.807, 2.05) is 42.5 Å². The summed E-state index contributed by atoms with van der Waals surface area (Å²) in [5.41, 5.74) is 12.6. The molecule has 0 aliphatic heterocycles. The van der Waals surface area contributed by atoms with Crippen LogP contribution in [0, 0.1) is 0 Å². The molecule has 4 aromatic heterocycles. The highest BCUT2D eigenvalue weighted by Crippen LogP contribution is 2.42. The summed E-state index contributed by atoms with van der Waals surface area (Å²) in [4.78, 5) is 10.5. The summed E-state index contributed by atoms with van der Waals surface area (Å²) in [6.45, 7) is 0. The van der Waals surface area contributed by atoms with E-state index in [2.05, 4.69) is 138 Å². The molecular weight excluding hydrogens is 675 g/mol. The number of fused-ring (bicyclic) bond motifs is 10. The minimum Gasteiger partial charge on any atom is -0.456 e. The predicted octanol–water partition coefficient (Wildman–Crippen LogP) is 13.5. The van der Waals surface area contributed by atoms with Crippen LogP contribution in [0.4, 0.5) is 0 Å². The number of nitrogens with zero attached hydrogens (tertiary/aromatic N) is 3. The fourth-order valence-corrected chi connectivity index (χ4v) is 8.54.